The standard InChI is InChI=1S/C12H18ClN3O2/c1-4-16-10(9(13)5-14-16)11(17)15-6-8(2)12(3,18)7-15/h5,8,18H,4,6-7H2,1-3H3/t8-,12+/m1/s1. The predicted octanol–water partition coefficient (Wildman–Crippen LogP) is 1.40. The molecule has 1 aliphatic heterocycles. The number of nitrogens with zero attached hydrogens (tertiary/aromatic N) is 3. The van der Waals surface area contributed by atoms with Gasteiger partial charge in [0.25, 0.3) is 5.91 Å². The van der Waals surface area contributed by atoms with Crippen LogP contribution in [0.5, 0.6) is 0 Å². The molecule has 1 fully saturated rings. The van der Waals surface area contributed by atoms with Crippen LogP contribution in [-0.2, 0) is 6.54 Å². The van der Waals surface area contributed by atoms with Crippen molar-refractivity contribution in [3.8, 4) is 0 Å². The Morgan fingerprint density at radius 1 is 1.72 bits per heavy atom. The summed E-state index contributed by atoms with van der Waals surface area (Å²) >= 11 is 6.01. The van der Waals surface area contributed by atoms with Gasteiger partial charge in [0.15, 0.2) is 0 Å². The number of carbonyl (C=O) groups excluding carboxylic acids is 1. The highest BCUT2D eigenvalue weighted by atomic mass is 35.5. The lowest BCUT2D eigenvalue weighted by atomic mass is 9.95. The summed E-state index contributed by atoms with van der Waals surface area (Å²) in [5, 5.41) is 14.5. The molecule has 0 saturated carbocycles. The average Bonchev–Trinajstić information content (AvgIpc) is 2.79. The van der Waals surface area contributed by atoms with Crippen molar-refractivity contribution in [3.63, 3.8) is 0 Å². The van der Waals surface area contributed by atoms with Gasteiger partial charge in [-0.15, -0.1) is 0 Å². The molecule has 1 aromatic heterocycles. The fourth-order valence-electron chi connectivity index (χ4n) is 2.25. The molecule has 100 valence electrons. The molecule has 6 heteroatoms. The number of hydrogen-bond donors (Lipinski definition) is 1. The van der Waals surface area contributed by atoms with Gasteiger partial charge in [0.1, 0.15) is 5.69 Å². The number of likely N-dealkylation sites (tertiary alicyclic amines) is 1. The third kappa shape index (κ3) is 2.12. The zero-order valence-corrected chi connectivity index (χ0v) is 11.6. The summed E-state index contributed by atoms with van der Waals surface area (Å²) in [6.07, 6.45) is 1.48. The van der Waals surface area contributed by atoms with Crippen molar-refractivity contribution in [2.75, 3.05) is 13.1 Å². The molecule has 0 spiro atoms. The Morgan fingerprint density at radius 3 is 2.89 bits per heavy atom. The molecule has 0 aromatic carbocycles. The maximum absolute atomic E-state index is 12.4. The Balaban J connectivity index is 2.25. The van der Waals surface area contributed by atoms with Crippen LogP contribution in [0.2, 0.25) is 5.02 Å². The molecule has 1 amide bonds. The second-order valence-electron chi connectivity index (χ2n) is 5.10. The first-order valence-corrected chi connectivity index (χ1v) is 6.47. The van der Waals surface area contributed by atoms with Crippen LogP contribution in [0.3, 0.4) is 0 Å². The smallest absolute Gasteiger partial charge is 0.273 e. The van der Waals surface area contributed by atoms with E-state index in [9.17, 15) is 9.90 Å². The molecule has 1 saturated heterocycles. The quantitative estimate of drug-likeness (QED) is 0.885. The van der Waals surface area contributed by atoms with Crippen molar-refractivity contribution < 1.29 is 9.90 Å². The highest BCUT2D eigenvalue weighted by Gasteiger charge is 2.41. The molecule has 2 rings (SSSR count). The van der Waals surface area contributed by atoms with Gasteiger partial charge in [-0.3, -0.25) is 9.48 Å². The van der Waals surface area contributed by atoms with Crippen molar-refractivity contribution >= 4 is 17.5 Å². The number of halogens is 1. The van der Waals surface area contributed by atoms with Crippen LogP contribution in [-0.4, -0.2) is 44.4 Å². The SMILES string of the molecule is CCn1ncc(Cl)c1C(=O)N1C[C@@H](C)[C@@](C)(O)C1. The first kappa shape index (κ1) is 13.4. The number of aryl methyl sites for hydroxylation is 1. The lowest BCUT2D eigenvalue weighted by molar-refractivity contribution is 0.0349. The topological polar surface area (TPSA) is 58.4 Å². The van der Waals surface area contributed by atoms with Gasteiger partial charge in [0, 0.05) is 25.6 Å². The van der Waals surface area contributed by atoms with E-state index in [1.165, 1.54) is 6.20 Å². The van der Waals surface area contributed by atoms with E-state index in [0.717, 1.165) is 0 Å². The Morgan fingerprint density at radius 2 is 2.39 bits per heavy atom. The Hall–Kier alpha value is -1.07. The van der Waals surface area contributed by atoms with Gasteiger partial charge in [0.2, 0.25) is 0 Å². The first-order chi connectivity index (χ1) is 8.36. The number of carbonyl (C=O) groups is 1. The highest BCUT2D eigenvalue weighted by molar-refractivity contribution is 6.33. The van der Waals surface area contributed by atoms with Crippen molar-refractivity contribution in [1.29, 1.82) is 0 Å². The molecule has 5 nitrogen and oxygen atoms in total. The van der Waals surface area contributed by atoms with Gasteiger partial charge in [-0.2, -0.15) is 5.10 Å². The van der Waals surface area contributed by atoms with Crippen molar-refractivity contribution in [2.24, 2.45) is 5.92 Å². The van der Waals surface area contributed by atoms with Gasteiger partial charge >= 0.3 is 0 Å². The molecule has 18 heavy (non-hydrogen) atoms. The summed E-state index contributed by atoms with van der Waals surface area (Å²) in [4.78, 5) is 14.1. The van der Waals surface area contributed by atoms with Gasteiger partial charge in [-0.25, -0.2) is 0 Å². The monoisotopic (exact) mass is 271 g/mol. The molecule has 1 N–H and O–H groups in total. The largest absolute Gasteiger partial charge is 0.388 e. The summed E-state index contributed by atoms with van der Waals surface area (Å²) in [5.74, 6) is -0.109. The minimum absolute atomic E-state index is 0.0539. The number of amides is 1. The molecular formula is C12H18ClN3O2. The van der Waals surface area contributed by atoms with E-state index < -0.39 is 5.60 Å². The minimum atomic E-state index is -0.834. The van der Waals surface area contributed by atoms with E-state index in [1.54, 1.807) is 16.5 Å². The van der Waals surface area contributed by atoms with Crippen molar-refractivity contribution in [2.45, 2.75) is 32.9 Å². The molecule has 2 heterocycles. The van der Waals surface area contributed by atoms with Crippen LogP contribution in [0.4, 0.5) is 0 Å². The van der Waals surface area contributed by atoms with Crippen LogP contribution in [0.25, 0.3) is 0 Å². The Bertz CT molecular complexity index is 470. The summed E-state index contributed by atoms with van der Waals surface area (Å²) in [7, 11) is 0. The van der Waals surface area contributed by atoms with Gasteiger partial charge in [0.05, 0.1) is 16.8 Å². The van der Waals surface area contributed by atoms with E-state index in [-0.39, 0.29) is 11.8 Å². The van der Waals surface area contributed by atoms with E-state index >= 15 is 0 Å². The summed E-state index contributed by atoms with van der Waals surface area (Å²) < 4.78 is 1.59. The third-order valence-corrected chi connectivity index (χ3v) is 3.93. The Labute approximate surface area is 111 Å². The summed E-state index contributed by atoms with van der Waals surface area (Å²) in [5.41, 5.74) is -0.428. The molecular weight excluding hydrogens is 254 g/mol. The zero-order valence-electron chi connectivity index (χ0n) is 10.9. The lowest BCUT2D eigenvalue weighted by Crippen LogP contribution is -2.36. The number of aromatic nitrogens is 2. The third-order valence-electron chi connectivity index (χ3n) is 3.65. The van der Waals surface area contributed by atoms with Crippen LogP contribution < -0.4 is 0 Å². The number of aliphatic hydroxyl groups is 1. The molecule has 0 bridgehead atoms. The van der Waals surface area contributed by atoms with Crippen molar-refractivity contribution in [1.82, 2.24) is 14.7 Å². The van der Waals surface area contributed by atoms with Crippen molar-refractivity contribution in [3.05, 3.63) is 16.9 Å². The second kappa shape index (κ2) is 4.55. The normalized spacial score (nSPS) is 27.8. The zero-order chi connectivity index (χ0) is 13.5. The molecule has 2 atom stereocenters. The number of hydrogen-bond acceptors (Lipinski definition) is 3. The molecule has 1 aromatic rings. The highest BCUT2D eigenvalue weighted by Crippen LogP contribution is 2.29. The number of rotatable bonds is 2. The Kier molecular flexibility index (Phi) is 3.38. The summed E-state index contributed by atoms with van der Waals surface area (Å²) in [6, 6.07) is 0. The van der Waals surface area contributed by atoms with E-state index in [4.69, 9.17) is 11.6 Å². The lowest BCUT2D eigenvalue weighted by Gasteiger charge is -2.20. The fourth-order valence-corrected chi connectivity index (χ4v) is 2.48. The summed E-state index contributed by atoms with van der Waals surface area (Å²) in [6.45, 7) is 7.06. The average molecular weight is 272 g/mol. The van der Waals surface area contributed by atoms with Crippen LogP contribution in [0, 0.1) is 5.92 Å². The van der Waals surface area contributed by atoms with Crippen LogP contribution in [0.1, 0.15) is 31.3 Å². The maximum Gasteiger partial charge on any atom is 0.273 e. The number of β-amino-alcohol motifs (C(OH)–C–C–N with tert-alkyl or cyclic N) is 1. The molecule has 0 radical (unpaired) electrons. The predicted molar refractivity (Wildman–Crippen MR) is 68.6 cm³/mol. The molecule has 1 aliphatic rings. The van der Waals surface area contributed by atoms with E-state index in [0.29, 0.717) is 30.4 Å². The van der Waals surface area contributed by atoms with Crippen LogP contribution >= 0.6 is 11.6 Å². The van der Waals surface area contributed by atoms with Crippen LogP contribution in [0.15, 0.2) is 6.20 Å². The first-order valence-electron chi connectivity index (χ1n) is 6.09. The minimum Gasteiger partial charge on any atom is -0.388 e. The van der Waals surface area contributed by atoms with Gasteiger partial charge < -0.3 is 10.0 Å². The molecule has 0 aliphatic carbocycles. The second-order valence-corrected chi connectivity index (χ2v) is 5.51. The fraction of sp³-hybridized carbons (Fsp3) is 0.667. The maximum atomic E-state index is 12.4. The van der Waals surface area contributed by atoms with Gasteiger partial charge in [-0.05, 0) is 13.8 Å². The molecule has 0 unspecified atom stereocenters. The van der Waals surface area contributed by atoms with E-state index in [1.807, 2.05) is 13.8 Å². The van der Waals surface area contributed by atoms with E-state index in [2.05, 4.69) is 5.10 Å². The van der Waals surface area contributed by atoms with Gasteiger partial charge in [-0.1, -0.05) is 18.5 Å².